The number of thiazole rings is 2. The minimum absolute atomic E-state index is 0.907. The first kappa shape index (κ1) is 65.1. The predicted molar refractivity (Wildman–Crippen MR) is 270 cm³/mol. The second kappa shape index (κ2) is 51.1. The Labute approximate surface area is 377 Å². The van der Waals surface area contributed by atoms with Gasteiger partial charge in [0.15, 0.2) is 18.4 Å². The lowest BCUT2D eigenvalue weighted by Crippen LogP contribution is -1.73. The summed E-state index contributed by atoms with van der Waals surface area (Å²) in [6.45, 7) is 40.0. The minimum Gasteiger partial charge on any atom is -0.452 e. The van der Waals surface area contributed by atoms with E-state index in [-0.39, 0.29) is 0 Å². The van der Waals surface area contributed by atoms with E-state index in [9.17, 15) is 0 Å². The number of imidazole rings is 1. The van der Waals surface area contributed by atoms with Crippen LogP contribution in [0.4, 0.5) is 0 Å². The van der Waals surface area contributed by atoms with Crippen molar-refractivity contribution in [2.75, 3.05) is 0 Å². The molecule has 0 unspecified atom stereocenters. The van der Waals surface area contributed by atoms with Gasteiger partial charge in [-0.15, -0.1) is 22.7 Å². The van der Waals surface area contributed by atoms with E-state index in [1.165, 1.54) is 66.1 Å². The summed E-state index contributed by atoms with van der Waals surface area (Å²) in [5, 5.41) is 1.96. The number of hydrogen-bond donors (Lipinski definition) is 2. The molecule has 0 saturated carbocycles. The van der Waals surface area contributed by atoms with Crippen LogP contribution in [-0.2, 0) is 25.7 Å². The first-order valence-electron chi connectivity index (χ1n) is 22.7. The fraction of sp³-hybridized carbons (Fsp3) is 0.553. The van der Waals surface area contributed by atoms with Crippen LogP contribution in [0.25, 0.3) is 32.0 Å². The summed E-state index contributed by atoms with van der Waals surface area (Å²) >= 11 is 4.88. The van der Waals surface area contributed by atoms with Crippen LogP contribution < -0.4 is 0 Å². The molecule has 0 aliphatic heterocycles. The van der Waals surface area contributed by atoms with Crippen LogP contribution in [0.15, 0.2) is 79.4 Å². The Balaban J connectivity index is -0.000000190. The average molecular weight is 892 g/mol. The minimum atomic E-state index is 0.907. The Kier molecular flexibility index (Phi) is 55.4. The normalized spacial score (nSPS) is 9.60. The molecule has 0 radical (unpaired) electrons. The zero-order valence-corrected chi connectivity index (χ0v) is 43.7. The van der Waals surface area contributed by atoms with E-state index in [0.717, 1.165) is 50.6 Å². The van der Waals surface area contributed by atoms with Crippen molar-refractivity contribution in [3.05, 3.63) is 88.2 Å². The number of hydrogen-bond acceptors (Lipinski definition) is 11. The Morgan fingerprint density at radius 2 is 1.05 bits per heavy atom. The highest BCUT2D eigenvalue weighted by Crippen LogP contribution is 2.23. The molecule has 2 aliphatic rings. The first-order chi connectivity index (χ1) is 29.8. The summed E-state index contributed by atoms with van der Waals surface area (Å²) < 4.78 is 15.0. The van der Waals surface area contributed by atoms with Gasteiger partial charge in [-0.1, -0.05) is 150 Å². The first-order valence-corrected chi connectivity index (χ1v) is 25.3. The average Bonchev–Trinajstić information content (AvgIpc) is 4.17. The Hall–Kier alpha value is -4.07. The predicted octanol–water partition coefficient (Wildman–Crippen LogP) is 17.7. The molecule has 0 spiro atoms. The number of oxazole rings is 2. The molecule has 0 saturated heterocycles. The van der Waals surface area contributed by atoms with E-state index >= 15 is 0 Å². The van der Waals surface area contributed by atoms with Gasteiger partial charge >= 0.3 is 0 Å². The van der Waals surface area contributed by atoms with Crippen molar-refractivity contribution in [3.8, 4) is 0 Å². The molecule has 8 heterocycles. The van der Waals surface area contributed by atoms with Crippen molar-refractivity contribution in [2.45, 2.75) is 177 Å². The molecule has 0 atom stereocenters. The molecule has 0 amide bonds. The molecule has 60 heavy (non-hydrogen) atoms. The van der Waals surface area contributed by atoms with Crippen molar-refractivity contribution >= 4 is 66.0 Å². The monoisotopic (exact) mass is 892 g/mol. The smallest absolute Gasteiger partial charge is 0.208 e. The van der Waals surface area contributed by atoms with Crippen molar-refractivity contribution in [1.29, 1.82) is 0 Å². The Morgan fingerprint density at radius 3 is 1.63 bits per heavy atom. The van der Waals surface area contributed by atoms with Gasteiger partial charge in [-0.25, -0.2) is 24.9 Å². The number of thiophene rings is 1. The molecule has 13 heteroatoms. The number of aromatic amines is 2. The summed E-state index contributed by atoms with van der Waals surface area (Å²) in [5.41, 5.74) is 10.1. The van der Waals surface area contributed by atoms with Crippen LogP contribution in [0.3, 0.4) is 0 Å². The molecule has 0 fully saturated rings. The van der Waals surface area contributed by atoms with E-state index in [4.69, 9.17) is 13.3 Å². The second-order valence-electron chi connectivity index (χ2n) is 8.69. The number of furan rings is 1. The Morgan fingerprint density at radius 1 is 0.483 bits per heavy atom. The molecule has 2 aliphatic carbocycles. The third-order valence-electron chi connectivity index (χ3n) is 6.15. The zero-order valence-electron chi connectivity index (χ0n) is 41.3. The highest BCUT2D eigenvalue weighted by atomic mass is 32.1. The molecule has 8 aromatic heterocycles. The topological polar surface area (TPSA) is 135 Å². The lowest BCUT2D eigenvalue weighted by atomic mass is 10.4. The highest BCUT2D eigenvalue weighted by molar-refractivity contribution is 7.16. The standard InChI is InChI=1S/C6H7NO.C6H7NS.C5H5N3.2C5H3NOS.10C2H6/c2*1-2-5-6(3-1)8-4-7-5;1-2-6-5-4(1)7-3-8-5;1-2-8-5-4(1)6-3-7-5;1-2-7-5-4(1)6-3-8-5;10*1-2/h2*4H,1-3H2;1-3,6H,(H,7,8);2*1-3H;10*1-2H3. The third kappa shape index (κ3) is 26.2. The summed E-state index contributed by atoms with van der Waals surface area (Å²) in [4.78, 5) is 29.4. The van der Waals surface area contributed by atoms with Crippen LogP contribution >= 0.6 is 34.0 Å². The summed E-state index contributed by atoms with van der Waals surface area (Å²) in [6.07, 6.45) is 15.4. The molecule has 10 nitrogen and oxygen atoms in total. The van der Waals surface area contributed by atoms with E-state index < -0.39 is 0 Å². The van der Waals surface area contributed by atoms with Crippen LogP contribution in [-0.4, -0.2) is 34.9 Å². The number of nitrogens with one attached hydrogen (secondary N) is 2. The zero-order chi connectivity index (χ0) is 47.0. The lowest BCUT2D eigenvalue weighted by Gasteiger charge is -1.77. The maximum Gasteiger partial charge on any atom is 0.208 e. The van der Waals surface area contributed by atoms with Gasteiger partial charge in [0, 0.05) is 23.6 Å². The van der Waals surface area contributed by atoms with Gasteiger partial charge in [-0.3, -0.25) is 0 Å². The van der Waals surface area contributed by atoms with E-state index in [1.54, 1.807) is 40.8 Å². The highest BCUT2D eigenvalue weighted by Gasteiger charge is 2.14. The van der Waals surface area contributed by atoms with Crippen LogP contribution in [0.1, 0.15) is 173 Å². The largest absolute Gasteiger partial charge is 0.452 e. The van der Waals surface area contributed by atoms with E-state index in [2.05, 4.69) is 34.9 Å². The number of aromatic nitrogens is 7. The van der Waals surface area contributed by atoms with Gasteiger partial charge in [0.1, 0.15) is 16.8 Å². The summed E-state index contributed by atoms with van der Waals surface area (Å²) in [6, 6.07) is 5.73. The van der Waals surface area contributed by atoms with Gasteiger partial charge in [0.2, 0.25) is 9.79 Å². The second-order valence-corrected chi connectivity index (χ2v) is 11.3. The number of H-pyrrole nitrogens is 2. The van der Waals surface area contributed by atoms with Crippen molar-refractivity contribution in [3.63, 3.8) is 0 Å². The lowest BCUT2D eigenvalue weighted by molar-refractivity contribution is 0.508. The fourth-order valence-electron chi connectivity index (χ4n) is 4.19. The van der Waals surface area contributed by atoms with E-state index in [0.29, 0.717) is 0 Å². The van der Waals surface area contributed by atoms with Crippen LogP contribution in [0.5, 0.6) is 0 Å². The molecule has 0 aromatic carbocycles. The van der Waals surface area contributed by atoms with Gasteiger partial charge < -0.3 is 23.2 Å². The Bertz CT molecular complexity index is 1490. The molecule has 344 valence electrons. The van der Waals surface area contributed by atoms with Gasteiger partial charge in [0.25, 0.3) is 0 Å². The summed E-state index contributed by atoms with van der Waals surface area (Å²) in [5.74, 6) is 1.10. The number of rotatable bonds is 0. The van der Waals surface area contributed by atoms with Gasteiger partial charge in [-0.05, 0) is 49.6 Å². The van der Waals surface area contributed by atoms with Crippen molar-refractivity contribution in [2.24, 2.45) is 0 Å². The molecule has 0 bridgehead atoms. The maximum atomic E-state index is 5.06. The van der Waals surface area contributed by atoms with Crippen molar-refractivity contribution in [1.82, 2.24) is 34.9 Å². The van der Waals surface area contributed by atoms with Crippen LogP contribution in [0.2, 0.25) is 0 Å². The number of fused-ring (bicyclic) bond motifs is 5. The molecular formula is C47H85N7O3S3. The molecule has 10 rings (SSSR count). The summed E-state index contributed by atoms with van der Waals surface area (Å²) in [7, 11) is 0. The molecule has 8 aromatic rings. The number of aryl methyl sites for hydroxylation is 4. The maximum absolute atomic E-state index is 5.06. The number of nitrogens with zero attached hydrogens (tertiary/aromatic N) is 5. The van der Waals surface area contributed by atoms with E-state index in [1.807, 2.05) is 174 Å². The SMILES string of the molecule is CC.CC.CC.CC.CC.CC.CC.CC.CC.CC.c1cc2ncsc2o1.c1nc2[nH]ccc2[nH]1.c1nc2c(o1)CCC2.c1nc2c(s1)CCC2.c1nc2ccsc2o1. The molecular weight excluding hydrogens is 807 g/mol. The fourth-order valence-corrected chi connectivity index (χ4v) is 6.33. The quantitative estimate of drug-likeness (QED) is 0.154. The van der Waals surface area contributed by atoms with Gasteiger partial charge in [-0.2, -0.15) is 0 Å². The van der Waals surface area contributed by atoms with Gasteiger partial charge in [0.05, 0.1) is 40.5 Å². The third-order valence-corrected chi connectivity index (χ3v) is 8.60. The van der Waals surface area contributed by atoms with Crippen molar-refractivity contribution < 1.29 is 13.3 Å². The van der Waals surface area contributed by atoms with Crippen LogP contribution in [0, 0.1) is 0 Å². The molecule has 2 N–H and O–H groups in total.